The number of rotatable bonds is 6. The molecule has 2 aromatic heterocycles. The zero-order chi connectivity index (χ0) is 19.2. The van der Waals surface area contributed by atoms with E-state index < -0.39 is 0 Å². The Morgan fingerprint density at radius 3 is 2.74 bits per heavy atom. The number of ether oxygens (including phenoxy) is 1. The van der Waals surface area contributed by atoms with Crippen molar-refractivity contribution in [2.75, 3.05) is 37.7 Å². The predicted molar refractivity (Wildman–Crippen MR) is 104 cm³/mol. The van der Waals surface area contributed by atoms with E-state index in [1.165, 1.54) is 5.56 Å². The van der Waals surface area contributed by atoms with Gasteiger partial charge < -0.3 is 20.3 Å². The number of urea groups is 1. The van der Waals surface area contributed by atoms with Crippen molar-refractivity contribution in [3.63, 3.8) is 0 Å². The highest BCUT2D eigenvalue weighted by atomic mass is 16.5. The smallest absolute Gasteiger partial charge is 0.315 e. The van der Waals surface area contributed by atoms with Crippen LogP contribution < -0.4 is 15.5 Å². The van der Waals surface area contributed by atoms with E-state index in [2.05, 4.69) is 25.6 Å². The molecule has 0 unspecified atom stereocenters. The van der Waals surface area contributed by atoms with Crippen LogP contribution >= 0.6 is 0 Å². The van der Waals surface area contributed by atoms with Crippen LogP contribution in [-0.2, 0) is 24.8 Å². The van der Waals surface area contributed by atoms with Gasteiger partial charge in [0.2, 0.25) is 0 Å². The molecule has 146 valence electrons. The fourth-order valence-electron chi connectivity index (χ4n) is 3.35. The monoisotopic (exact) mass is 372 g/mol. The molecule has 1 aliphatic rings. The van der Waals surface area contributed by atoms with Gasteiger partial charge in [-0.25, -0.2) is 9.78 Å². The van der Waals surface area contributed by atoms with Gasteiger partial charge in [-0.3, -0.25) is 4.68 Å². The summed E-state index contributed by atoms with van der Waals surface area (Å²) in [5.74, 6) is 0.919. The van der Waals surface area contributed by atoms with Crippen molar-refractivity contribution >= 4 is 11.8 Å². The molecule has 1 fully saturated rings. The molecule has 0 aromatic carbocycles. The molecule has 0 atom stereocenters. The number of pyridine rings is 1. The second-order valence-corrected chi connectivity index (χ2v) is 6.72. The molecule has 2 N–H and O–H groups in total. The van der Waals surface area contributed by atoms with E-state index in [0.29, 0.717) is 26.3 Å². The third kappa shape index (κ3) is 4.77. The molecule has 3 heterocycles. The van der Waals surface area contributed by atoms with Crippen molar-refractivity contribution in [3.8, 4) is 0 Å². The van der Waals surface area contributed by atoms with Crippen molar-refractivity contribution in [1.82, 2.24) is 25.4 Å². The molecule has 1 saturated heterocycles. The predicted octanol–water partition coefficient (Wildman–Crippen LogP) is 1.31. The van der Waals surface area contributed by atoms with E-state index in [9.17, 15) is 4.79 Å². The van der Waals surface area contributed by atoms with Crippen LogP contribution in [0.3, 0.4) is 0 Å². The number of aromatic nitrogens is 3. The molecule has 27 heavy (non-hydrogen) atoms. The number of carbonyl (C=O) groups is 1. The Hall–Kier alpha value is -2.61. The number of amides is 2. The van der Waals surface area contributed by atoms with E-state index >= 15 is 0 Å². The summed E-state index contributed by atoms with van der Waals surface area (Å²) < 4.78 is 7.28. The summed E-state index contributed by atoms with van der Waals surface area (Å²) in [4.78, 5) is 18.9. The lowest BCUT2D eigenvalue weighted by Gasteiger charge is -2.29. The Morgan fingerprint density at radius 1 is 1.26 bits per heavy atom. The van der Waals surface area contributed by atoms with E-state index in [1.54, 1.807) is 6.20 Å². The van der Waals surface area contributed by atoms with E-state index in [1.807, 2.05) is 37.7 Å². The van der Waals surface area contributed by atoms with E-state index in [4.69, 9.17) is 4.74 Å². The van der Waals surface area contributed by atoms with Gasteiger partial charge in [-0.15, -0.1) is 0 Å². The summed E-state index contributed by atoms with van der Waals surface area (Å²) in [5, 5.41) is 10.3. The molecule has 1 aliphatic heterocycles. The van der Waals surface area contributed by atoms with Crippen molar-refractivity contribution in [2.24, 2.45) is 7.05 Å². The summed E-state index contributed by atoms with van der Waals surface area (Å²) >= 11 is 0. The van der Waals surface area contributed by atoms with Crippen LogP contribution in [0.25, 0.3) is 0 Å². The summed E-state index contributed by atoms with van der Waals surface area (Å²) in [6.07, 6.45) is 2.55. The highest BCUT2D eigenvalue weighted by molar-refractivity contribution is 5.74. The van der Waals surface area contributed by atoms with Gasteiger partial charge in [0.05, 0.1) is 18.9 Å². The van der Waals surface area contributed by atoms with Crippen molar-refractivity contribution in [2.45, 2.75) is 26.8 Å². The Balaban J connectivity index is 1.49. The van der Waals surface area contributed by atoms with Crippen LogP contribution in [0, 0.1) is 13.8 Å². The number of aryl methyl sites for hydroxylation is 2. The Morgan fingerprint density at radius 2 is 2.04 bits per heavy atom. The molecule has 0 radical (unpaired) electrons. The first-order valence-corrected chi connectivity index (χ1v) is 9.33. The fraction of sp³-hybridized carbons (Fsp3) is 0.526. The first-order valence-electron chi connectivity index (χ1n) is 9.33. The number of nitrogens with zero attached hydrogens (tertiary/aromatic N) is 4. The number of morpholine rings is 1. The Labute approximate surface area is 159 Å². The summed E-state index contributed by atoms with van der Waals surface area (Å²) in [7, 11) is 1.94. The normalized spacial score (nSPS) is 14.3. The SMILES string of the molecule is Cc1nn(C)c(C)c1CCNC(=O)NCc1cccnc1N1CCOCC1. The fourth-order valence-corrected chi connectivity index (χ4v) is 3.35. The molecule has 0 spiro atoms. The highest BCUT2D eigenvalue weighted by Crippen LogP contribution is 2.18. The molecule has 0 bridgehead atoms. The van der Waals surface area contributed by atoms with Crippen molar-refractivity contribution in [1.29, 1.82) is 0 Å². The lowest BCUT2D eigenvalue weighted by molar-refractivity contribution is 0.122. The summed E-state index contributed by atoms with van der Waals surface area (Å²) in [6, 6.07) is 3.72. The maximum atomic E-state index is 12.2. The molecule has 8 heteroatoms. The lowest BCUT2D eigenvalue weighted by atomic mass is 10.1. The molecular weight excluding hydrogens is 344 g/mol. The zero-order valence-electron chi connectivity index (χ0n) is 16.3. The van der Waals surface area contributed by atoms with Crippen LogP contribution in [0.15, 0.2) is 18.3 Å². The van der Waals surface area contributed by atoms with Gasteiger partial charge in [-0.2, -0.15) is 5.10 Å². The quantitative estimate of drug-likeness (QED) is 0.799. The first kappa shape index (κ1) is 19.2. The number of hydrogen-bond donors (Lipinski definition) is 2. The molecule has 2 amide bonds. The molecule has 0 saturated carbocycles. The van der Waals surface area contributed by atoms with Gasteiger partial charge in [0, 0.05) is 50.7 Å². The van der Waals surface area contributed by atoms with E-state index in [-0.39, 0.29) is 6.03 Å². The highest BCUT2D eigenvalue weighted by Gasteiger charge is 2.16. The number of anilines is 1. The van der Waals surface area contributed by atoms with Gasteiger partial charge in [0.1, 0.15) is 5.82 Å². The maximum Gasteiger partial charge on any atom is 0.315 e. The maximum absolute atomic E-state index is 12.2. The second-order valence-electron chi connectivity index (χ2n) is 6.72. The third-order valence-corrected chi connectivity index (χ3v) is 4.94. The minimum Gasteiger partial charge on any atom is -0.378 e. The van der Waals surface area contributed by atoms with Crippen molar-refractivity contribution in [3.05, 3.63) is 40.8 Å². The average Bonchev–Trinajstić information content (AvgIpc) is 2.93. The van der Waals surface area contributed by atoms with Gasteiger partial charge in [-0.1, -0.05) is 6.07 Å². The van der Waals surface area contributed by atoms with Crippen LogP contribution in [0.2, 0.25) is 0 Å². The van der Waals surface area contributed by atoms with Gasteiger partial charge in [0.25, 0.3) is 0 Å². The minimum absolute atomic E-state index is 0.175. The molecular formula is C19H28N6O2. The van der Waals surface area contributed by atoms with Crippen LogP contribution in [-0.4, -0.2) is 53.6 Å². The standard InChI is InChI=1S/C19H28N6O2/c1-14-17(15(2)24(3)23-14)6-8-21-19(26)22-13-16-5-4-7-20-18(16)25-9-11-27-12-10-25/h4-5,7H,6,8-13H2,1-3H3,(H2,21,22,26). The first-order chi connectivity index (χ1) is 13.1. The van der Waals surface area contributed by atoms with Gasteiger partial charge >= 0.3 is 6.03 Å². The largest absolute Gasteiger partial charge is 0.378 e. The zero-order valence-corrected chi connectivity index (χ0v) is 16.3. The topological polar surface area (TPSA) is 84.3 Å². The minimum atomic E-state index is -0.175. The number of nitrogens with one attached hydrogen (secondary N) is 2. The Kier molecular flexibility index (Phi) is 6.28. The number of carbonyl (C=O) groups excluding carboxylic acids is 1. The van der Waals surface area contributed by atoms with Gasteiger partial charge in [-0.05, 0) is 31.9 Å². The third-order valence-electron chi connectivity index (χ3n) is 4.94. The average molecular weight is 372 g/mol. The molecule has 3 rings (SSSR count). The van der Waals surface area contributed by atoms with Crippen LogP contribution in [0.1, 0.15) is 22.5 Å². The van der Waals surface area contributed by atoms with Gasteiger partial charge in [0.15, 0.2) is 0 Å². The Bertz CT molecular complexity index is 783. The second kappa shape index (κ2) is 8.85. The summed E-state index contributed by atoms with van der Waals surface area (Å²) in [6.45, 7) is 8.11. The molecule has 0 aliphatic carbocycles. The molecule has 2 aromatic rings. The number of hydrogen-bond acceptors (Lipinski definition) is 5. The lowest BCUT2D eigenvalue weighted by Crippen LogP contribution is -2.39. The van der Waals surface area contributed by atoms with Crippen LogP contribution in [0.5, 0.6) is 0 Å². The molecule has 8 nitrogen and oxygen atoms in total. The van der Waals surface area contributed by atoms with Crippen molar-refractivity contribution < 1.29 is 9.53 Å². The van der Waals surface area contributed by atoms with E-state index in [0.717, 1.165) is 42.3 Å². The van der Waals surface area contributed by atoms with Crippen LogP contribution in [0.4, 0.5) is 10.6 Å². The summed E-state index contributed by atoms with van der Waals surface area (Å²) in [5.41, 5.74) is 4.36.